The maximum Gasteiger partial charge on any atom is 0.213 e. The minimum atomic E-state index is 0.242. The van der Waals surface area contributed by atoms with Crippen molar-refractivity contribution in [2.24, 2.45) is 0 Å². The van der Waals surface area contributed by atoms with Crippen molar-refractivity contribution in [1.82, 2.24) is 4.98 Å². The SMILES string of the molecule is COc1cc(C)c(C#CCC#N)cn1. The van der Waals surface area contributed by atoms with Gasteiger partial charge >= 0.3 is 0 Å². The quantitative estimate of drug-likeness (QED) is 0.626. The van der Waals surface area contributed by atoms with Crippen molar-refractivity contribution in [3.8, 4) is 23.8 Å². The largest absolute Gasteiger partial charge is 0.481 e. The van der Waals surface area contributed by atoms with Crippen LogP contribution < -0.4 is 4.74 Å². The summed E-state index contributed by atoms with van der Waals surface area (Å²) in [5, 5.41) is 8.31. The average molecular weight is 186 g/mol. The molecule has 0 saturated carbocycles. The van der Waals surface area contributed by atoms with Crippen LogP contribution in [0.5, 0.6) is 5.88 Å². The number of rotatable bonds is 1. The zero-order valence-corrected chi connectivity index (χ0v) is 8.16. The van der Waals surface area contributed by atoms with Crippen LogP contribution in [0.2, 0.25) is 0 Å². The number of ether oxygens (including phenoxy) is 1. The van der Waals surface area contributed by atoms with E-state index in [0.717, 1.165) is 11.1 Å². The van der Waals surface area contributed by atoms with E-state index in [1.54, 1.807) is 13.3 Å². The van der Waals surface area contributed by atoms with Gasteiger partial charge in [0.15, 0.2) is 0 Å². The highest BCUT2D eigenvalue weighted by Gasteiger charge is 1.97. The number of hydrogen-bond acceptors (Lipinski definition) is 3. The summed E-state index contributed by atoms with van der Waals surface area (Å²) in [6.07, 6.45) is 1.89. The first kappa shape index (κ1) is 10.1. The number of aromatic nitrogens is 1. The first-order valence-electron chi connectivity index (χ1n) is 4.14. The Labute approximate surface area is 83.3 Å². The van der Waals surface area contributed by atoms with Crippen molar-refractivity contribution in [2.45, 2.75) is 13.3 Å². The highest BCUT2D eigenvalue weighted by molar-refractivity contribution is 5.41. The smallest absolute Gasteiger partial charge is 0.213 e. The second-order valence-corrected chi connectivity index (χ2v) is 2.68. The molecule has 1 aromatic rings. The standard InChI is InChI=1S/C11H10N2O/c1-9-7-11(14-2)13-8-10(9)5-3-4-6-12/h7-8H,4H2,1-2H3. The van der Waals surface area contributed by atoms with Crippen LogP contribution in [0.4, 0.5) is 0 Å². The molecule has 0 fully saturated rings. The normalized spacial score (nSPS) is 8.36. The number of nitrogens with zero attached hydrogens (tertiary/aromatic N) is 2. The van der Waals surface area contributed by atoms with Crippen molar-refractivity contribution < 1.29 is 4.74 Å². The lowest BCUT2D eigenvalue weighted by Crippen LogP contribution is -1.90. The monoisotopic (exact) mass is 186 g/mol. The predicted octanol–water partition coefficient (Wildman–Crippen LogP) is 1.66. The van der Waals surface area contributed by atoms with E-state index in [0.29, 0.717) is 5.88 Å². The van der Waals surface area contributed by atoms with E-state index in [4.69, 9.17) is 10.00 Å². The molecule has 0 N–H and O–H groups in total. The predicted molar refractivity (Wildman–Crippen MR) is 52.6 cm³/mol. The summed E-state index contributed by atoms with van der Waals surface area (Å²) >= 11 is 0. The Bertz CT molecular complexity index is 421. The first-order valence-corrected chi connectivity index (χ1v) is 4.14. The van der Waals surface area contributed by atoms with Gasteiger partial charge in [0, 0.05) is 17.8 Å². The number of methoxy groups -OCH3 is 1. The van der Waals surface area contributed by atoms with Crippen LogP contribution in [-0.4, -0.2) is 12.1 Å². The molecule has 0 spiro atoms. The summed E-state index contributed by atoms with van der Waals surface area (Å²) in [5.74, 6) is 6.19. The van der Waals surface area contributed by atoms with Gasteiger partial charge in [0.25, 0.3) is 0 Å². The second kappa shape index (κ2) is 4.89. The van der Waals surface area contributed by atoms with Crippen LogP contribution in [0.15, 0.2) is 12.3 Å². The molecular weight excluding hydrogens is 176 g/mol. The number of hydrogen-bond donors (Lipinski definition) is 0. The Hall–Kier alpha value is -2.00. The van der Waals surface area contributed by atoms with Gasteiger partial charge in [0.1, 0.15) is 0 Å². The zero-order chi connectivity index (χ0) is 10.4. The molecule has 0 unspecified atom stereocenters. The van der Waals surface area contributed by atoms with E-state index < -0.39 is 0 Å². The molecule has 0 saturated heterocycles. The number of pyridine rings is 1. The Morgan fingerprint density at radius 2 is 2.36 bits per heavy atom. The zero-order valence-electron chi connectivity index (χ0n) is 8.16. The molecule has 0 amide bonds. The maximum atomic E-state index is 8.31. The number of aryl methyl sites for hydroxylation is 1. The summed E-state index contributed by atoms with van der Waals surface area (Å²) < 4.78 is 4.96. The van der Waals surface area contributed by atoms with Crippen LogP contribution in [0.25, 0.3) is 0 Å². The molecule has 0 aromatic carbocycles. The van der Waals surface area contributed by atoms with Crippen LogP contribution in [0, 0.1) is 30.1 Å². The third-order valence-electron chi connectivity index (χ3n) is 1.69. The van der Waals surface area contributed by atoms with Gasteiger partial charge in [0.05, 0.1) is 19.6 Å². The molecule has 1 heterocycles. The van der Waals surface area contributed by atoms with E-state index in [-0.39, 0.29) is 6.42 Å². The van der Waals surface area contributed by atoms with Gasteiger partial charge in [-0.2, -0.15) is 5.26 Å². The van der Waals surface area contributed by atoms with E-state index in [2.05, 4.69) is 16.8 Å². The fourth-order valence-corrected chi connectivity index (χ4v) is 0.952. The van der Waals surface area contributed by atoms with Crippen molar-refractivity contribution in [3.63, 3.8) is 0 Å². The Morgan fingerprint density at radius 1 is 1.57 bits per heavy atom. The van der Waals surface area contributed by atoms with Crippen LogP contribution in [-0.2, 0) is 0 Å². The minimum Gasteiger partial charge on any atom is -0.481 e. The first-order chi connectivity index (χ1) is 6.77. The molecule has 0 aliphatic carbocycles. The molecule has 0 bridgehead atoms. The highest BCUT2D eigenvalue weighted by Crippen LogP contribution is 2.11. The van der Waals surface area contributed by atoms with Crippen LogP contribution in [0.1, 0.15) is 17.5 Å². The summed E-state index contributed by atoms with van der Waals surface area (Å²) in [6, 6.07) is 3.78. The van der Waals surface area contributed by atoms with Crippen LogP contribution >= 0.6 is 0 Å². The molecule has 0 aliphatic rings. The van der Waals surface area contributed by atoms with Gasteiger partial charge in [-0.3, -0.25) is 0 Å². The summed E-state index contributed by atoms with van der Waals surface area (Å²) in [7, 11) is 1.57. The van der Waals surface area contributed by atoms with E-state index in [1.165, 1.54) is 0 Å². The van der Waals surface area contributed by atoms with Crippen molar-refractivity contribution in [3.05, 3.63) is 23.4 Å². The van der Waals surface area contributed by atoms with Gasteiger partial charge in [0.2, 0.25) is 5.88 Å². The molecular formula is C11H10N2O. The van der Waals surface area contributed by atoms with Gasteiger partial charge < -0.3 is 4.74 Å². The van der Waals surface area contributed by atoms with Gasteiger partial charge in [-0.1, -0.05) is 11.8 Å². The molecule has 1 aromatic heterocycles. The van der Waals surface area contributed by atoms with Gasteiger partial charge in [-0.05, 0) is 12.5 Å². The van der Waals surface area contributed by atoms with Crippen molar-refractivity contribution in [1.29, 1.82) is 5.26 Å². The van der Waals surface area contributed by atoms with Crippen molar-refractivity contribution >= 4 is 0 Å². The van der Waals surface area contributed by atoms with Crippen LogP contribution in [0.3, 0.4) is 0 Å². The molecule has 3 heteroatoms. The summed E-state index contributed by atoms with van der Waals surface area (Å²) in [4.78, 5) is 4.03. The van der Waals surface area contributed by atoms with Gasteiger partial charge in [-0.25, -0.2) is 4.98 Å². The van der Waals surface area contributed by atoms with E-state index in [1.807, 2.05) is 19.1 Å². The molecule has 70 valence electrons. The lowest BCUT2D eigenvalue weighted by atomic mass is 10.1. The third kappa shape index (κ3) is 2.50. The minimum absolute atomic E-state index is 0.242. The Balaban J connectivity index is 2.92. The molecule has 0 radical (unpaired) electrons. The maximum absolute atomic E-state index is 8.31. The third-order valence-corrected chi connectivity index (χ3v) is 1.69. The average Bonchev–Trinajstić information content (AvgIpc) is 2.20. The second-order valence-electron chi connectivity index (χ2n) is 2.68. The Kier molecular flexibility index (Phi) is 3.52. The van der Waals surface area contributed by atoms with Gasteiger partial charge in [-0.15, -0.1) is 0 Å². The fourth-order valence-electron chi connectivity index (χ4n) is 0.952. The number of nitriles is 1. The van der Waals surface area contributed by atoms with E-state index >= 15 is 0 Å². The Morgan fingerprint density at radius 3 is 2.93 bits per heavy atom. The topological polar surface area (TPSA) is 45.9 Å². The van der Waals surface area contributed by atoms with Crippen molar-refractivity contribution in [2.75, 3.05) is 7.11 Å². The molecule has 0 atom stereocenters. The lowest BCUT2D eigenvalue weighted by molar-refractivity contribution is 0.397. The summed E-state index contributed by atoms with van der Waals surface area (Å²) in [6.45, 7) is 1.93. The molecule has 3 nitrogen and oxygen atoms in total. The molecule has 14 heavy (non-hydrogen) atoms. The lowest BCUT2D eigenvalue weighted by Gasteiger charge is -2.00. The molecule has 1 rings (SSSR count). The fraction of sp³-hybridized carbons (Fsp3) is 0.273. The summed E-state index contributed by atoms with van der Waals surface area (Å²) in [5.41, 5.74) is 1.84. The van der Waals surface area contributed by atoms with E-state index in [9.17, 15) is 0 Å². The highest BCUT2D eigenvalue weighted by atomic mass is 16.5. The molecule has 0 aliphatic heterocycles.